The average molecular weight is 332 g/mol. The molecule has 20 heavy (non-hydrogen) atoms. The molecule has 0 saturated carbocycles. The number of oxazole rings is 1. The molecule has 3 nitrogen and oxygen atoms in total. The summed E-state index contributed by atoms with van der Waals surface area (Å²) in [5, 5.41) is 10.4. The van der Waals surface area contributed by atoms with Crippen molar-refractivity contribution in [3.63, 3.8) is 0 Å². The lowest BCUT2D eigenvalue weighted by atomic mass is 9.89. The second-order valence-corrected chi connectivity index (χ2v) is 6.17. The first-order valence-electron chi connectivity index (χ1n) is 6.32. The van der Waals surface area contributed by atoms with Gasteiger partial charge in [0.15, 0.2) is 12.0 Å². The number of aromatic nitrogens is 1. The molecule has 0 unspecified atom stereocenters. The van der Waals surface area contributed by atoms with Crippen LogP contribution in [-0.2, 0) is 5.60 Å². The number of aliphatic hydroxyl groups is 1. The van der Waals surface area contributed by atoms with Gasteiger partial charge in [0.1, 0.15) is 5.52 Å². The predicted octanol–water partition coefficient (Wildman–Crippen LogP) is 4.48. The van der Waals surface area contributed by atoms with Crippen molar-refractivity contribution < 1.29 is 9.52 Å². The van der Waals surface area contributed by atoms with E-state index in [9.17, 15) is 5.11 Å². The minimum atomic E-state index is -0.943. The van der Waals surface area contributed by atoms with Gasteiger partial charge in [-0.2, -0.15) is 0 Å². The Hall–Kier alpha value is -1.65. The Bertz CT molecular complexity index is 771. The van der Waals surface area contributed by atoms with E-state index in [-0.39, 0.29) is 0 Å². The highest BCUT2D eigenvalue weighted by molar-refractivity contribution is 9.10. The first-order chi connectivity index (χ1) is 9.47. The van der Waals surface area contributed by atoms with Crippen molar-refractivity contribution in [2.75, 3.05) is 0 Å². The molecule has 4 heteroatoms. The van der Waals surface area contributed by atoms with Gasteiger partial charge in [0.2, 0.25) is 0 Å². The van der Waals surface area contributed by atoms with Crippen molar-refractivity contribution in [3.8, 4) is 11.1 Å². The maximum Gasteiger partial charge on any atom is 0.182 e. The highest BCUT2D eigenvalue weighted by Gasteiger charge is 2.22. The molecule has 102 valence electrons. The van der Waals surface area contributed by atoms with Crippen LogP contribution in [0, 0.1) is 0 Å². The summed E-state index contributed by atoms with van der Waals surface area (Å²) in [5.41, 5.74) is 3.33. The first-order valence-corrected chi connectivity index (χ1v) is 7.11. The molecule has 0 aliphatic heterocycles. The van der Waals surface area contributed by atoms with Crippen LogP contribution in [0.2, 0.25) is 0 Å². The van der Waals surface area contributed by atoms with Crippen molar-refractivity contribution >= 4 is 27.0 Å². The quantitative estimate of drug-likeness (QED) is 0.752. The molecule has 0 saturated heterocycles. The first kappa shape index (κ1) is 13.3. The number of halogens is 1. The number of nitrogens with zero attached hydrogens (tertiary/aromatic N) is 1. The monoisotopic (exact) mass is 331 g/mol. The molecule has 3 aromatic rings. The normalized spacial score (nSPS) is 12.0. The summed E-state index contributed by atoms with van der Waals surface area (Å²) in [7, 11) is 0. The third-order valence-corrected chi connectivity index (χ3v) is 3.78. The van der Waals surface area contributed by atoms with Crippen LogP contribution < -0.4 is 0 Å². The van der Waals surface area contributed by atoms with E-state index in [1.807, 2.05) is 36.4 Å². The van der Waals surface area contributed by atoms with E-state index in [2.05, 4.69) is 20.9 Å². The average Bonchev–Trinajstić information content (AvgIpc) is 2.86. The third kappa shape index (κ3) is 2.25. The summed E-state index contributed by atoms with van der Waals surface area (Å²) in [6.45, 7) is 3.55. The Morgan fingerprint density at radius 2 is 1.95 bits per heavy atom. The predicted molar refractivity (Wildman–Crippen MR) is 82.4 cm³/mol. The van der Waals surface area contributed by atoms with Gasteiger partial charge in [0.25, 0.3) is 0 Å². The second kappa shape index (κ2) is 4.72. The fourth-order valence-electron chi connectivity index (χ4n) is 2.36. The van der Waals surface area contributed by atoms with Crippen LogP contribution in [0.1, 0.15) is 19.4 Å². The Labute approximate surface area is 125 Å². The van der Waals surface area contributed by atoms with E-state index in [4.69, 9.17) is 4.42 Å². The van der Waals surface area contributed by atoms with Gasteiger partial charge in [-0.3, -0.25) is 0 Å². The second-order valence-electron chi connectivity index (χ2n) is 5.26. The molecule has 0 aliphatic carbocycles. The maximum absolute atomic E-state index is 10.4. The fraction of sp³-hybridized carbons (Fsp3) is 0.188. The van der Waals surface area contributed by atoms with E-state index in [1.165, 1.54) is 6.39 Å². The highest BCUT2D eigenvalue weighted by atomic mass is 79.9. The molecule has 3 rings (SSSR count). The molecule has 0 amide bonds. The Kier molecular flexibility index (Phi) is 3.15. The molecule has 2 aromatic carbocycles. The van der Waals surface area contributed by atoms with E-state index in [0.717, 1.165) is 32.3 Å². The van der Waals surface area contributed by atoms with Crippen LogP contribution in [0.5, 0.6) is 0 Å². The number of benzene rings is 2. The van der Waals surface area contributed by atoms with Gasteiger partial charge >= 0.3 is 0 Å². The van der Waals surface area contributed by atoms with Crippen LogP contribution in [-0.4, -0.2) is 10.1 Å². The van der Waals surface area contributed by atoms with Crippen molar-refractivity contribution in [3.05, 3.63) is 52.8 Å². The van der Waals surface area contributed by atoms with Crippen LogP contribution in [0.15, 0.2) is 51.7 Å². The molecule has 1 aromatic heterocycles. The zero-order valence-electron chi connectivity index (χ0n) is 11.2. The zero-order chi connectivity index (χ0) is 14.3. The summed E-state index contributed by atoms with van der Waals surface area (Å²) >= 11 is 3.46. The molecular formula is C16H14BrNO2. The lowest BCUT2D eigenvalue weighted by Crippen LogP contribution is -2.16. The third-order valence-electron chi connectivity index (χ3n) is 3.29. The summed E-state index contributed by atoms with van der Waals surface area (Å²) in [6, 6.07) is 11.7. The Morgan fingerprint density at radius 3 is 2.70 bits per heavy atom. The van der Waals surface area contributed by atoms with E-state index >= 15 is 0 Å². The highest BCUT2D eigenvalue weighted by Crippen LogP contribution is 2.36. The SMILES string of the molecule is CC(C)(O)c1cc(Br)ccc1-c1cccc2ncoc12. The number of rotatable bonds is 2. The number of hydrogen-bond acceptors (Lipinski definition) is 3. The van der Waals surface area contributed by atoms with E-state index < -0.39 is 5.60 Å². The molecule has 1 N–H and O–H groups in total. The fourth-order valence-corrected chi connectivity index (χ4v) is 2.72. The lowest BCUT2D eigenvalue weighted by molar-refractivity contribution is 0.0791. The van der Waals surface area contributed by atoms with Crippen LogP contribution in [0.4, 0.5) is 0 Å². The van der Waals surface area contributed by atoms with E-state index in [1.54, 1.807) is 13.8 Å². The van der Waals surface area contributed by atoms with Gasteiger partial charge in [0, 0.05) is 10.0 Å². The number of fused-ring (bicyclic) bond motifs is 1. The molecule has 0 aliphatic rings. The largest absolute Gasteiger partial charge is 0.443 e. The molecule has 0 atom stereocenters. The van der Waals surface area contributed by atoms with Crippen molar-refractivity contribution in [1.29, 1.82) is 0 Å². The molecular weight excluding hydrogens is 318 g/mol. The summed E-state index contributed by atoms with van der Waals surface area (Å²) in [4.78, 5) is 4.18. The van der Waals surface area contributed by atoms with Gasteiger partial charge in [-0.15, -0.1) is 0 Å². The molecule has 1 heterocycles. The van der Waals surface area contributed by atoms with Crippen LogP contribution >= 0.6 is 15.9 Å². The standard InChI is InChI=1S/C16H14BrNO2/c1-16(2,19)13-8-10(17)6-7-11(13)12-4-3-5-14-15(12)20-9-18-14/h3-9,19H,1-2H3. The molecule has 0 bridgehead atoms. The van der Waals surface area contributed by atoms with Crippen molar-refractivity contribution in [1.82, 2.24) is 4.98 Å². The summed E-state index contributed by atoms with van der Waals surface area (Å²) in [6.07, 6.45) is 1.44. The van der Waals surface area contributed by atoms with E-state index in [0.29, 0.717) is 0 Å². The van der Waals surface area contributed by atoms with Gasteiger partial charge < -0.3 is 9.52 Å². The minimum absolute atomic E-state index is 0.736. The minimum Gasteiger partial charge on any atom is -0.443 e. The van der Waals surface area contributed by atoms with Crippen molar-refractivity contribution in [2.24, 2.45) is 0 Å². The van der Waals surface area contributed by atoms with Gasteiger partial charge in [-0.05, 0) is 43.2 Å². The zero-order valence-corrected chi connectivity index (χ0v) is 12.8. The molecule has 0 spiro atoms. The number of hydrogen-bond donors (Lipinski definition) is 1. The maximum atomic E-state index is 10.4. The lowest BCUT2D eigenvalue weighted by Gasteiger charge is -2.22. The smallest absolute Gasteiger partial charge is 0.182 e. The van der Waals surface area contributed by atoms with Gasteiger partial charge in [0.05, 0.1) is 5.60 Å². The van der Waals surface area contributed by atoms with Gasteiger partial charge in [-0.25, -0.2) is 4.98 Å². The van der Waals surface area contributed by atoms with Gasteiger partial charge in [-0.1, -0.05) is 34.1 Å². The topological polar surface area (TPSA) is 46.3 Å². The van der Waals surface area contributed by atoms with Crippen LogP contribution in [0.3, 0.4) is 0 Å². The van der Waals surface area contributed by atoms with Crippen molar-refractivity contribution in [2.45, 2.75) is 19.4 Å². The summed E-state index contributed by atoms with van der Waals surface area (Å²) in [5.74, 6) is 0. The Balaban J connectivity index is 2.32. The summed E-state index contributed by atoms with van der Waals surface area (Å²) < 4.78 is 6.43. The molecule has 0 radical (unpaired) electrons. The Morgan fingerprint density at radius 1 is 1.15 bits per heavy atom. The van der Waals surface area contributed by atoms with Crippen LogP contribution in [0.25, 0.3) is 22.2 Å². The molecule has 0 fully saturated rings. The number of para-hydroxylation sites is 1.